The summed E-state index contributed by atoms with van der Waals surface area (Å²) in [6.07, 6.45) is 4.99. The van der Waals surface area contributed by atoms with E-state index in [1.54, 1.807) is 6.33 Å². The highest BCUT2D eigenvalue weighted by Gasteiger charge is 2.44. The number of fused-ring (bicyclic) bond motifs is 1. The minimum absolute atomic E-state index is 0.0274. The number of ether oxygens (including phenoxy) is 1. The number of anilines is 1. The average molecular weight is 490 g/mol. The molecule has 3 rings (SSSR count). The molecule has 0 spiro atoms. The lowest BCUT2D eigenvalue weighted by atomic mass is 10.0. The third kappa shape index (κ3) is 5.43. The first-order valence-electron chi connectivity index (χ1n) is 12.1. The Morgan fingerprint density at radius 2 is 2.06 bits per heavy atom. The highest BCUT2D eigenvalue weighted by molar-refractivity contribution is 6.74. The van der Waals surface area contributed by atoms with Gasteiger partial charge in [0.2, 0.25) is 5.95 Å². The molecule has 2 heterocycles. The Bertz CT molecular complexity index is 1100. The molecule has 3 atom stereocenters. The summed E-state index contributed by atoms with van der Waals surface area (Å²) in [7, 11) is -2.02. The van der Waals surface area contributed by atoms with Crippen LogP contribution < -0.4 is 11.3 Å². The van der Waals surface area contributed by atoms with Gasteiger partial charge in [0, 0.05) is 25.4 Å². The Morgan fingerprint density at radius 3 is 2.71 bits per heavy atom. The van der Waals surface area contributed by atoms with Crippen molar-refractivity contribution < 1.29 is 14.0 Å². The van der Waals surface area contributed by atoms with Crippen molar-refractivity contribution in [1.29, 1.82) is 0 Å². The van der Waals surface area contributed by atoms with Gasteiger partial charge in [-0.1, -0.05) is 47.1 Å². The quantitative estimate of drug-likeness (QED) is 0.232. The number of esters is 1. The van der Waals surface area contributed by atoms with E-state index in [-0.39, 0.29) is 46.1 Å². The molecule has 0 radical (unpaired) electrons. The molecule has 10 heteroatoms. The molecule has 3 unspecified atom stereocenters. The van der Waals surface area contributed by atoms with Crippen LogP contribution in [0.3, 0.4) is 0 Å². The Balaban J connectivity index is 1.88. The number of imidazole rings is 1. The zero-order valence-electron chi connectivity index (χ0n) is 21.3. The molecule has 188 valence electrons. The third-order valence-electron chi connectivity index (χ3n) is 7.29. The van der Waals surface area contributed by atoms with Crippen LogP contribution in [0, 0.1) is 5.92 Å². The van der Waals surface area contributed by atoms with Gasteiger partial charge in [-0.05, 0) is 30.1 Å². The summed E-state index contributed by atoms with van der Waals surface area (Å²) in [5, 5.41) is 0.0572. The fourth-order valence-electron chi connectivity index (χ4n) is 4.09. The predicted octanol–water partition coefficient (Wildman–Crippen LogP) is 4.33. The Hall–Kier alpha value is -2.46. The van der Waals surface area contributed by atoms with Crippen LogP contribution in [-0.2, 0) is 14.0 Å². The second kappa shape index (κ2) is 10.0. The first-order valence-corrected chi connectivity index (χ1v) is 15.0. The number of nitrogen functional groups attached to an aromatic ring is 1. The predicted molar refractivity (Wildman–Crippen MR) is 136 cm³/mol. The van der Waals surface area contributed by atoms with E-state index < -0.39 is 8.32 Å². The largest absolute Gasteiger partial charge is 0.462 e. The van der Waals surface area contributed by atoms with Crippen LogP contribution >= 0.6 is 0 Å². The second-order valence-corrected chi connectivity index (χ2v) is 15.6. The number of aromatic nitrogens is 4. The Kier molecular flexibility index (Phi) is 7.71. The number of carbonyl (C=O) groups is 1. The molecule has 3 N–H and O–H groups in total. The zero-order chi connectivity index (χ0) is 25.3. The highest BCUT2D eigenvalue weighted by atomic mass is 28.4. The van der Waals surface area contributed by atoms with Gasteiger partial charge >= 0.3 is 5.97 Å². The standard InChI is InChI=1S/C24H39N5O4Si/c1-8-9-10-11-19(30)33-18-12-17(15(2)16(18)13-32-34(6,7)24(3,4)5)29-14-26-20-21(29)27-23(25)28-22(20)31/h14,16-18H,2,8-13H2,1,3-7H3,(H3,25,27,28,31). The first-order chi connectivity index (χ1) is 15.9. The maximum Gasteiger partial charge on any atom is 0.306 e. The highest BCUT2D eigenvalue weighted by Crippen LogP contribution is 2.44. The molecule has 0 bridgehead atoms. The van der Waals surface area contributed by atoms with E-state index in [1.807, 2.05) is 4.57 Å². The summed E-state index contributed by atoms with van der Waals surface area (Å²) in [5.41, 5.74) is 6.89. The molecule has 0 aromatic carbocycles. The van der Waals surface area contributed by atoms with E-state index in [0.29, 0.717) is 25.1 Å². The minimum Gasteiger partial charge on any atom is -0.462 e. The van der Waals surface area contributed by atoms with Gasteiger partial charge in [0.05, 0.1) is 12.4 Å². The fraction of sp³-hybridized carbons (Fsp3) is 0.667. The molecular formula is C24H39N5O4Si. The number of H-pyrrole nitrogens is 1. The molecule has 2 aromatic heterocycles. The number of nitrogens with zero attached hydrogens (tertiary/aromatic N) is 3. The molecule has 0 saturated heterocycles. The van der Waals surface area contributed by atoms with Gasteiger partial charge in [-0.25, -0.2) is 4.98 Å². The normalized spacial score (nSPS) is 21.4. The summed E-state index contributed by atoms with van der Waals surface area (Å²) in [6, 6.07) is -0.236. The van der Waals surface area contributed by atoms with Crippen LogP contribution in [0.5, 0.6) is 0 Å². The number of carbonyl (C=O) groups excluding carboxylic acids is 1. The van der Waals surface area contributed by atoms with Crippen molar-refractivity contribution in [3.63, 3.8) is 0 Å². The summed E-state index contributed by atoms with van der Waals surface area (Å²) < 4.78 is 14.3. The first kappa shape index (κ1) is 26.1. The number of rotatable bonds is 9. The van der Waals surface area contributed by atoms with Gasteiger partial charge in [0.1, 0.15) is 6.10 Å². The van der Waals surface area contributed by atoms with E-state index in [2.05, 4.69) is 62.3 Å². The SMILES string of the molecule is C=C1C(CO[Si](C)(C)C(C)(C)C)C(OC(=O)CCCCC)CC1n1cnc2c(=O)[nH]c(N)nc21. The van der Waals surface area contributed by atoms with E-state index in [1.165, 1.54) is 0 Å². The molecule has 1 aliphatic rings. The summed E-state index contributed by atoms with van der Waals surface area (Å²) in [5.74, 6) is -0.329. The van der Waals surface area contributed by atoms with E-state index >= 15 is 0 Å². The molecule has 9 nitrogen and oxygen atoms in total. The monoisotopic (exact) mass is 489 g/mol. The van der Waals surface area contributed by atoms with Crippen molar-refractivity contribution in [2.24, 2.45) is 5.92 Å². The van der Waals surface area contributed by atoms with Crippen LogP contribution in [0.4, 0.5) is 5.95 Å². The third-order valence-corrected chi connectivity index (χ3v) is 11.8. The Morgan fingerprint density at radius 1 is 1.35 bits per heavy atom. The van der Waals surface area contributed by atoms with E-state index in [4.69, 9.17) is 14.9 Å². The number of aromatic amines is 1. The van der Waals surface area contributed by atoms with Crippen LogP contribution in [-0.4, -0.2) is 46.5 Å². The van der Waals surface area contributed by atoms with Crippen molar-refractivity contribution in [3.8, 4) is 0 Å². The molecular weight excluding hydrogens is 450 g/mol. The van der Waals surface area contributed by atoms with Crippen molar-refractivity contribution in [3.05, 3.63) is 28.8 Å². The molecule has 2 aromatic rings. The van der Waals surface area contributed by atoms with Crippen molar-refractivity contribution in [1.82, 2.24) is 19.5 Å². The van der Waals surface area contributed by atoms with Gasteiger partial charge in [0.25, 0.3) is 5.56 Å². The molecule has 0 aliphatic heterocycles. The maximum absolute atomic E-state index is 12.6. The minimum atomic E-state index is -2.02. The Labute approximate surface area is 202 Å². The molecule has 1 aliphatic carbocycles. The van der Waals surface area contributed by atoms with Crippen molar-refractivity contribution in [2.75, 3.05) is 12.3 Å². The lowest BCUT2D eigenvalue weighted by molar-refractivity contribution is -0.151. The van der Waals surface area contributed by atoms with Gasteiger partial charge in [-0.3, -0.25) is 14.6 Å². The average Bonchev–Trinajstić information content (AvgIpc) is 3.27. The summed E-state index contributed by atoms with van der Waals surface area (Å²) in [6.45, 7) is 17.9. The smallest absolute Gasteiger partial charge is 0.306 e. The van der Waals surface area contributed by atoms with E-state index in [0.717, 1.165) is 24.8 Å². The van der Waals surface area contributed by atoms with Gasteiger partial charge < -0.3 is 19.5 Å². The molecule has 1 saturated carbocycles. The van der Waals surface area contributed by atoms with Crippen molar-refractivity contribution >= 4 is 31.4 Å². The summed E-state index contributed by atoms with van der Waals surface area (Å²) >= 11 is 0. The van der Waals surface area contributed by atoms with Crippen LogP contribution in [0.2, 0.25) is 18.1 Å². The van der Waals surface area contributed by atoms with Crippen LogP contribution in [0.1, 0.15) is 65.8 Å². The topological polar surface area (TPSA) is 125 Å². The fourth-order valence-corrected chi connectivity index (χ4v) is 5.12. The number of nitrogens with one attached hydrogen (secondary N) is 1. The van der Waals surface area contributed by atoms with Gasteiger partial charge in [-0.15, -0.1) is 0 Å². The number of hydrogen-bond donors (Lipinski definition) is 2. The van der Waals surface area contributed by atoms with Gasteiger partial charge in [-0.2, -0.15) is 4.98 Å². The number of unbranched alkanes of at least 4 members (excludes halogenated alkanes) is 2. The maximum atomic E-state index is 12.6. The second-order valence-electron chi connectivity index (χ2n) is 10.8. The zero-order valence-corrected chi connectivity index (χ0v) is 22.3. The van der Waals surface area contributed by atoms with Crippen LogP contribution in [0.25, 0.3) is 11.2 Å². The van der Waals surface area contributed by atoms with E-state index in [9.17, 15) is 9.59 Å². The summed E-state index contributed by atoms with van der Waals surface area (Å²) in [4.78, 5) is 35.9. The number of hydrogen-bond acceptors (Lipinski definition) is 7. The van der Waals surface area contributed by atoms with Crippen molar-refractivity contribution in [2.45, 2.75) is 90.1 Å². The van der Waals surface area contributed by atoms with Gasteiger partial charge in [0.15, 0.2) is 19.5 Å². The lowest BCUT2D eigenvalue weighted by Crippen LogP contribution is -2.43. The molecule has 34 heavy (non-hydrogen) atoms. The number of nitrogens with two attached hydrogens (primary N) is 1. The molecule has 1 fully saturated rings. The lowest BCUT2D eigenvalue weighted by Gasteiger charge is -2.37. The van der Waals surface area contributed by atoms with Crippen LogP contribution in [0.15, 0.2) is 23.3 Å². The molecule has 0 amide bonds.